The summed E-state index contributed by atoms with van der Waals surface area (Å²) in [7, 11) is 0. The zero-order valence-electron chi connectivity index (χ0n) is 15.9. The van der Waals surface area contributed by atoms with E-state index < -0.39 is 34.2 Å². The number of hydrogen-bond donors (Lipinski definition) is 1. The van der Waals surface area contributed by atoms with Gasteiger partial charge in [0, 0.05) is 17.7 Å². The van der Waals surface area contributed by atoms with Crippen molar-refractivity contribution in [2.24, 2.45) is 0 Å². The second kappa shape index (κ2) is 7.86. The zero-order chi connectivity index (χ0) is 22.1. The van der Waals surface area contributed by atoms with Crippen LogP contribution in [0, 0.1) is 15.9 Å². The Kier molecular flexibility index (Phi) is 5.08. The van der Waals surface area contributed by atoms with Crippen LogP contribution in [-0.4, -0.2) is 26.6 Å². The number of nitro groups is 1. The van der Waals surface area contributed by atoms with Gasteiger partial charge in [-0.15, -0.1) is 0 Å². The average molecular weight is 422 g/mol. The molecule has 3 aromatic rings. The highest BCUT2D eigenvalue weighted by molar-refractivity contribution is 6.46. The molecule has 2 heterocycles. The number of aliphatic hydroxyl groups excluding tert-OH is 1. The largest absolute Gasteiger partial charge is 0.507 e. The molecule has 9 heteroatoms. The summed E-state index contributed by atoms with van der Waals surface area (Å²) in [5.41, 5.74) is -0.330. The molecule has 1 aliphatic rings. The molecule has 1 unspecified atom stereocenters. The molecule has 0 saturated carbocycles. The van der Waals surface area contributed by atoms with E-state index >= 15 is 0 Å². The minimum absolute atomic E-state index is 0.00778. The number of furan rings is 1. The summed E-state index contributed by atoms with van der Waals surface area (Å²) < 4.78 is 19.2. The molecule has 1 atom stereocenters. The predicted molar refractivity (Wildman–Crippen MR) is 106 cm³/mol. The molecule has 31 heavy (non-hydrogen) atoms. The summed E-state index contributed by atoms with van der Waals surface area (Å²) >= 11 is 0. The van der Waals surface area contributed by atoms with E-state index in [2.05, 4.69) is 0 Å². The molecular weight excluding hydrogens is 407 g/mol. The summed E-state index contributed by atoms with van der Waals surface area (Å²) in [5, 5.41) is 22.0. The molecule has 0 spiro atoms. The second-order valence-corrected chi connectivity index (χ2v) is 6.87. The lowest BCUT2D eigenvalue weighted by Crippen LogP contribution is -2.29. The van der Waals surface area contributed by atoms with E-state index in [1.54, 1.807) is 12.1 Å². The number of likely N-dealkylation sites (tertiary alicyclic amines) is 1. The van der Waals surface area contributed by atoms with Gasteiger partial charge in [-0.25, -0.2) is 4.39 Å². The molecule has 1 aromatic heterocycles. The van der Waals surface area contributed by atoms with Crippen LogP contribution in [-0.2, 0) is 16.1 Å². The van der Waals surface area contributed by atoms with Gasteiger partial charge >= 0.3 is 0 Å². The van der Waals surface area contributed by atoms with Crippen LogP contribution >= 0.6 is 0 Å². The molecule has 1 N–H and O–H groups in total. The monoisotopic (exact) mass is 422 g/mol. The third-order valence-corrected chi connectivity index (χ3v) is 4.94. The summed E-state index contributed by atoms with van der Waals surface area (Å²) in [6.07, 6.45) is 1.41. The van der Waals surface area contributed by atoms with Gasteiger partial charge in [0.2, 0.25) is 0 Å². The van der Waals surface area contributed by atoms with Crippen molar-refractivity contribution in [3.8, 4) is 0 Å². The van der Waals surface area contributed by atoms with Gasteiger partial charge in [0.1, 0.15) is 17.3 Å². The Morgan fingerprint density at radius 2 is 1.90 bits per heavy atom. The van der Waals surface area contributed by atoms with Crippen molar-refractivity contribution >= 4 is 23.1 Å². The first kappa shape index (κ1) is 20.0. The van der Waals surface area contributed by atoms with E-state index in [0.29, 0.717) is 5.76 Å². The smallest absolute Gasteiger partial charge is 0.296 e. The number of rotatable bonds is 5. The zero-order valence-corrected chi connectivity index (χ0v) is 15.9. The normalized spacial score (nSPS) is 17.8. The fraction of sp³-hybridized carbons (Fsp3) is 0.0909. The molecule has 8 nitrogen and oxygen atoms in total. The van der Waals surface area contributed by atoms with Crippen molar-refractivity contribution in [1.82, 2.24) is 4.90 Å². The number of ketones is 1. The average Bonchev–Trinajstić information content (AvgIpc) is 3.36. The molecule has 0 bridgehead atoms. The van der Waals surface area contributed by atoms with Gasteiger partial charge < -0.3 is 14.4 Å². The third-order valence-electron chi connectivity index (χ3n) is 4.94. The van der Waals surface area contributed by atoms with Gasteiger partial charge in [0.15, 0.2) is 0 Å². The van der Waals surface area contributed by atoms with E-state index in [4.69, 9.17) is 4.42 Å². The Bertz CT molecular complexity index is 1220. The highest BCUT2D eigenvalue weighted by atomic mass is 19.1. The van der Waals surface area contributed by atoms with Gasteiger partial charge in [-0.3, -0.25) is 19.7 Å². The maximum Gasteiger partial charge on any atom is 0.296 e. The maximum absolute atomic E-state index is 14.0. The number of carbonyl (C=O) groups excluding carboxylic acids is 2. The number of nitro benzene ring substituents is 1. The molecule has 1 amide bonds. The molecule has 4 rings (SSSR count). The van der Waals surface area contributed by atoms with Crippen molar-refractivity contribution in [2.75, 3.05) is 0 Å². The summed E-state index contributed by atoms with van der Waals surface area (Å²) in [6, 6.07) is 12.5. The number of amides is 1. The first-order valence-corrected chi connectivity index (χ1v) is 9.18. The topological polar surface area (TPSA) is 114 Å². The summed E-state index contributed by atoms with van der Waals surface area (Å²) in [6.45, 7) is -0.0928. The molecule has 156 valence electrons. The first-order valence-electron chi connectivity index (χ1n) is 9.18. The number of halogens is 1. The van der Waals surface area contributed by atoms with Crippen LogP contribution in [0.5, 0.6) is 0 Å². The summed E-state index contributed by atoms with van der Waals surface area (Å²) in [5.74, 6) is -2.67. The fourth-order valence-corrected chi connectivity index (χ4v) is 3.56. The van der Waals surface area contributed by atoms with Crippen LogP contribution in [0.2, 0.25) is 0 Å². The predicted octanol–water partition coefficient (Wildman–Crippen LogP) is 3.95. The lowest BCUT2D eigenvalue weighted by Gasteiger charge is -2.24. The van der Waals surface area contributed by atoms with Crippen LogP contribution in [0.25, 0.3) is 5.76 Å². The van der Waals surface area contributed by atoms with Crippen molar-refractivity contribution in [3.63, 3.8) is 0 Å². The lowest BCUT2D eigenvalue weighted by molar-refractivity contribution is -0.384. The number of hydrogen-bond acceptors (Lipinski definition) is 6. The second-order valence-electron chi connectivity index (χ2n) is 6.87. The maximum atomic E-state index is 14.0. The van der Waals surface area contributed by atoms with Crippen LogP contribution in [0.15, 0.2) is 76.9 Å². The lowest BCUT2D eigenvalue weighted by atomic mass is 9.95. The van der Waals surface area contributed by atoms with Crippen molar-refractivity contribution in [1.29, 1.82) is 0 Å². The Balaban J connectivity index is 1.89. The molecule has 2 aromatic carbocycles. The molecule has 0 radical (unpaired) electrons. The standard InChI is InChI=1S/C22H15FN2O6/c23-15-6-1-4-13(10-15)19-18(20(26)14-5-2-7-16(11-14)25(29)30)21(27)22(28)24(19)12-17-8-3-9-31-17/h1-11,19,26H,12H2/b20-18+. The molecule has 1 aliphatic heterocycles. The van der Waals surface area contributed by atoms with E-state index in [-0.39, 0.29) is 28.9 Å². The van der Waals surface area contributed by atoms with Gasteiger partial charge in [-0.1, -0.05) is 24.3 Å². The number of benzene rings is 2. The van der Waals surface area contributed by atoms with Crippen LogP contribution < -0.4 is 0 Å². The van der Waals surface area contributed by atoms with E-state index in [1.807, 2.05) is 0 Å². The minimum Gasteiger partial charge on any atom is -0.507 e. The molecule has 1 fully saturated rings. The molecule has 1 saturated heterocycles. The Morgan fingerprint density at radius 3 is 2.58 bits per heavy atom. The fourth-order valence-electron chi connectivity index (χ4n) is 3.56. The number of aliphatic hydroxyl groups is 1. The minimum atomic E-state index is -1.11. The van der Waals surface area contributed by atoms with Gasteiger partial charge in [0.25, 0.3) is 17.4 Å². The van der Waals surface area contributed by atoms with E-state index in [1.165, 1.54) is 47.6 Å². The van der Waals surface area contributed by atoms with E-state index in [0.717, 1.165) is 12.1 Å². The van der Waals surface area contributed by atoms with Gasteiger partial charge in [-0.2, -0.15) is 0 Å². The van der Waals surface area contributed by atoms with Crippen molar-refractivity contribution in [2.45, 2.75) is 12.6 Å². The molecular formula is C22H15FN2O6. The summed E-state index contributed by atoms with van der Waals surface area (Å²) in [4.78, 5) is 37.3. The third kappa shape index (κ3) is 3.68. The number of non-ortho nitro benzene ring substituents is 1. The molecule has 0 aliphatic carbocycles. The van der Waals surface area contributed by atoms with Gasteiger partial charge in [0.05, 0.1) is 29.3 Å². The van der Waals surface area contributed by atoms with Crippen LogP contribution in [0.3, 0.4) is 0 Å². The van der Waals surface area contributed by atoms with E-state index in [9.17, 15) is 29.2 Å². The van der Waals surface area contributed by atoms with Crippen LogP contribution in [0.1, 0.15) is 22.9 Å². The quantitative estimate of drug-likeness (QED) is 0.219. The highest BCUT2D eigenvalue weighted by Gasteiger charge is 2.46. The van der Waals surface area contributed by atoms with Crippen molar-refractivity contribution < 1.29 is 28.4 Å². The Morgan fingerprint density at radius 1 is 1.13 bits per heavy atom. The SMILES string of the molecule is O=C1C(=O)N(Cc2ccco2)C(c2cccc(F)c2)/C1=C(\O)c1cccc([N+](=O)[O-])c1. The highest BCUT2D eigenvalue weighted by Crippen LogP contribution is 2.40. The Hall–Kier alpha value is -4.27. The van der Waals surface area contributed by atoms with Crippen LogP contribution in [0.4, 0.5) is 10.1 Å². The number of Topliss-reactive ketones (excluding diaryl/α,β-unsaturated/α-hetero) is 1. The number of carbonyl (C=O) groups is 2. The van der Waals surface area contributed by atoms with Crippen molar-refractivity contribution in [3.05, 3.63) is 105 Å². The van der Waals surface area contributed by atoms with Gasteiger partial charge in [-0.05, 0) is 29.8 Å². The number of nitrogens with zero attached hydrogens (tertiary/aromatic N) is 2. The first-order chi connectivity index (χ1) is 14.9. The Labute approximate surface area is 175 Å².